The number of hydrogen-bond donors (Lipinski definition) is 12. The third-order valence-corrected chi connectivity index (χ3v) is 16.7. The van der Waals surface area contributed by atoms with E-state index in [2.05, 4.69) is 79.9 Å². The summed E-state index contributed by atoms with van der Waals surface area (Å²) in [6, 6.07) is -0.999. The molecule has 3 rings (SSSR count). The van der Waals surface area contributed by atoms with Gasteiger partial charge in [0.15, 0.2) is 18.9 Å². The van der Waals surface area contributed by atoms with E-state index in [1.165, 1.54) is 116 Å². The molecule has 17 atom stereocenters. The molecule has 0 aromatic carbocycles. The van der Waals surface area contributed by atoms with Crippen LogP contribution < -0.4 is 5.32 Å². The number of rotatable bonds is 51. The summed E-state index contributed by atoms with van der Waals surface area (Å²) < 4.78 is 34.3. The zero-order chi connectivity index (χ0) is 64.0. The average molecular weight is 1250 g/mol. The second kappa shape index (κ2) is 50.7. The van der Waals surface area contributed by atoms with Gasteiger partial charge in [0.05, 0.1) is 38.6 Å². The summed E-state index contributed by atoms with van der Waals surface area (Å²) in [7, 11) is 0. The molecule has 0 saturated carbocycles. The minimum Gasteiger partial charge on any atom is -0.394 e. The molecule has 3 heterocycles. The van der Waals surface area contributed by atoms with Crippen molar-refractivity contribution < 1.29 is 89.4 Å². The first-order valence-electron chi connectivity index (χ1n) is 34.2. The molecule has 19 nitrogen and oxygen atoms in total. The molecule has 0 spiro atoms. The summed E-state index contributed by atoms with van der Waals surface area (Å²) in [6.07, 6.45) is 35.9. The van der Waals surface area contributed by atoms with Gasteiger partial charge in [-0.05, 0) is 70.6 Å². The Morgan fingerprint density at radius 3 is 1.27 bits per heavy atom. The van der Waals surface area contributed by atoms with E-state index in [4.69, 9.17) is 28.4 Å². The Morgan fingerprint density at radius 1 is 0.420 bits per heavy atom. The van der Waals surface area contributed by atoms with Gasteiger partial charge in [-0.15, -0.1) is 0 Å². The fourth-order valence-corrected chi connectivity index (χ4v) is 11.2. The Balaban J connectivity index is 1.47. The molecule has 0 bridgehead atoms. The Bertz CT molecular complexity index is 1880. The molecule has 3 fully saturated rings. The first-order valence-corrected chi connectivity index (χ1v) is 34.2. The molecule has 0 radical (unpaired) electrons. The summed E-state index contributed by atoms with van der Waals surface area (Å²) in [5.74, 6) is -0.295. The third kappa shape index (κ3) is 32.7. The van der Waals surface area contributed by atoms with Gasteiger partial charge in [0, 0.05) is 6.42 Å². The predicted molar refractivity (Wildman–Crippen MR) is 341 cm³/mol. The highest BCUT2D eigenvalue weighted by molar-refractivity contribution is 5.76. The summed E-state index contributed by atoms with van der Waals surface area (Å²) in [6.45, 7) is 1.60. The molecule has 3 saturated heterocycles. The maximum atomic E-state index is 13.4. The zero-order valence-corrected chi connectivity index (χ0v) is 53.7. The average Bonchev–Trinajstić information content (AvgIpc) is 3.72. The van der Waals surface area contributed by atoms with Crippen molar-refractivity contribution in [1.29, 1.82) is 0 Å². The molecule has 88 heavy (non-hydrogen) atoms. The highest BCUT2D eigenvalue weighted by Gasteiger charge is 2.53. The monoisotopic (exact) mass is 1250 g/mol. The number of amides is 1. The molecule has 0 aromatic rings. The number of aliphatic hydroxyl groups excluding tert-OH is 11. The first kappa shape index (κ1) is 79.5. The standard InChI is InChI=1S/C69H121NO18/c1-3-5-7-9-11-13-15-17-19-21-23-25-27-28-30-32-34-36-38-40-42-44-46-53(74)52(70-57(75)47-45-43-41-39-37-35-33-31-29-26-24-22-20-18-16-14-12-10-8-6-4-2)51-83-67-63(81)60(78)65(55(49-72)85-67)88-69-64(82)61(79)66(56(50-73)86-69)87-68-62(80)59(77)58(76)54(48-71)84-68/h6,8,12,14,18,20,24,26,36,38,44,46,52-56,58-69,71-74,76-82H,3-5,7,9-11,13,15-17,19,21-23,25,27-35,37,39-43,45,47-51H2,1-2H3,(H,70,75)/b8-6-,14-12-,20-18-,26-24-,38-36+,46-44+. The van der Waals surface area contributed by atoms with Crippen molar-refractivity contribution in [3.05, 3.63) is 72.9 Å². The maximum Gasteiger partial charge on any atom is 0.220 e. The van der Waals surface area contributed by atoms with Crippen LogP contribution in [0, 0.1) is 0 Å². The number of ether oxygens (including phenoxy) is 6. The molecule has 12 N–H and O–H groups in total. The van der Waals surface area contributed by atoms with E-state index in [1.54, 1.807) is 6.08 Å². The molecule has 1 amide bonds. The van der Waals surface area contributed by atoms with Crippen molar-refractivity contribution >= 4 is 5.91 Å². The van der Waals surface area contributed by atoms with Crippen LogP contribution in [0.2, 0.25) is 0 Å². The topological polar surface area (TPSA) is 307 Å². The van der Waals surface area contributed by atoms with Gasteiger partial charge in [0.1, 0.15) is 73.2 Å². The lowest BCUT2D eigenvalue weighted by Gasteiger charge is -2.48. The summed E-state index contributed by atoms with van der Waals surface area (Å²) >= 11 is 0. The Kier molecular flexibility index (Phi) is 45.8. The molecule has 17 unspecified atom stereocenters. The number of nitrogens with one attached hydrogen (secondary N) is 1. The van der Waals surface area contributed by atoms with Crippen molar-refractivity contribution in [3.63, 3.8) is 0 Å². The van der Waals surface area contributed by atoms with Crippen LogP contribution in [0.4, 0.5) is 0 Å². The van der Waals surface area contributed by atoms with E-state index in [9.17, 15) is 61.0 Å². The van der Waals surface area contributed by atoms with Crippen molar-refractivity contribution in [2.75, 3.05) is 26.4 Å². The second-order valence-corrected chi connectivity index (χ2v) is 24.2. The number of allylic oxidation sites excluding steroid dienone is 11. The van der Waals surface area contributed by atoms with Gasteiger partial charge < -0.3 is 89.9 Å². The highest BCUT2D eigenvalue weighted by atomic mass is 16.8. The van der Waals surface area contributed by atoms with Gasteiger partial charge in [-0.25, -0.2) is 0 Å². The van der Waals surface area contributed by atoms with Crippen LogP contribution in [-0.2, 0) is 33.2 Å². The van der Waals surface area contributed by atoms with Crippen LogP contribution >= 0.6 is 0 Å². The summed E-state index contributed by atoms with van der Waals surface area (Å²) in [5, 5.41) is 120. The smallest absolute Gasteiger partial charge is 0.220 e. The van der Waals surface area contributed by atoms with E-state index >= 15 is 0 Å². The van der Waals surface area contributed by atoms with Crippen LogP contribution in [0.3, 0.4) is 0 Å². The lowest BCUT2D eigenvalue weighted by atomic mass is 9.96. The van der Waals surface area contributed by atoms with Gasteiger partial charge >= 0.3 is 0 Å². The van der Waals surface area contributed by atoms with E-state index in [0.29, 0.717) is 12.8 Å². The van der Waals surface area contributed by atoms with Gasteiger partial charge in [0.25, 0.3) is 0 Å². The van der Waals surface area contributed by atoms with Crippen molar-refractivity contribution in [2.24, 2.45) is 0 Å². The van der Waals surface area contributed by atoms with Gasteiger partial charge in [-0.1, -0.05) is 222 Å². The molecule has 0 aliphatic carbocycles. The molecular formula is C69H121NO18. The maximum absolute atomic E-state index is 13.4. The number of carbonyl (C=O) groups excluding carboxylic acids is 1. The Morgan fingerprint density at radius 2 is 0.795 bits per heavy atom. The minimum atomic E-state index is -1.98. The first-order chi connectivity index (χ1) is 42.8. The SMILES string of the molecule is CC/C=C\C/C=C\C/C=C\C/C=C\CCCCCCCCCCC(=O)NC(COC1OC(CO)C(OC2OC(CO)C(OC3OC(CO)C(O)C(O)C3O)C(O)C2O)C(O)C1O)C(O)/C=C/CC/C=C/CCCCCCCCCCCCCCCCCC. The van der Waals surface area contributed by atoms with Crippen molar-refractivity contribution in [1.82, 2.24) is 5.32 Å². The Labute approximate surface area is 528 Å². The molecule has 19 heteroatoms. The van der Waals surface area contributed by atoms with E-state index in [0.717, 1.165) is 77.0 Å². The van der Waals surface area contributed by atoms with Gasteiger partial charge in [-0.3, -0.25) is 4.79 Å². The normalized spacial score (nSPS) is 28.9. The minimum absolute atomic E-state index is 0.223. The van der Waals surface area contributed by atoms with Crippen molar-refractivity contribution in [2.45, 2.75) is 330 Å². The third-order valence-electron chi connectivity index (χ3n) is 16.7. The Hall–Kier alpha value is -2.77. The van der Waals surface area contributed by atoms with Crippen LogP contribution in [0.15, 0.2) is 72.9 Å². The molecular weight excluding hydrogens is 1130 g/mol. The van der Waals surface area contributed by atoms with E-state index in [-0.39, 0.29) is 18.9 Å². The summed E-state index contributed by atoms with van der Waals surface area (Å²) in [5.41, 5.74) is 0. The van der Waals surface area contributed by atoms with Crippen LogP contribution in [0.1, 0.15) is 226 Å². The van der Waals surface area contributed by atoms with Crippen LogP contribution in [-0.4, -0.2) is 193 Å². The molecule has 3 aliphatic heterocycles. The molecule has 510 valence electrons. The fourth-order valence-electron chi connectivity index (χ4n) is 11.2. The lowest BCUT2D eigenvalue weighted by Crippen LogP contribution is -2.66. The number of hydrogen-bond acceptors (Lipinski definition) is 18. The lowest BCUT2D eigenvalue weighted by molar-refractivity contribution is -0.379. The number of carbonyl (C=O) groups is 1. The van der Waals surface area contributed by atoms with E-state index in [1.807, 2.05) is 6.08 Å². The highest BCUT2D eigenvalue weighted by Crippen LogP contribution is 2.33. The van der Waals surface area contributed by atoms with Crippen LogP contribution in [0.5, 0.6) is 0 Å². The fraction of sp³-hybridized carbons (Fsp3) is 0.812. The van der Waals surface area contributed by atoms with Crippen LogP contribution in [0.25, 0.3) is 0 Å². The van der Waals surface area contributed by atoms with Gasteiger partial charge in [0.2, 0.25) is 5.91 Å². The molecule has 3 aliphatic rings. The predicted octanol–water partition coefficient (Wildman–Crippen LogP) is 8.55. The van der Waals surface area contributed by atoms with Crippen molar-refractivity contribution in [3.8, 4) is 0 Å². The summed E-state index contributed by atoms with van der Waals surface area (Å²) in [4.78, 5) is 13.4. The largest absolute Gasteiger partial charge is 0.394 e. The van der Waals surface area contributed by atoms with E-state index < -0.39 is 124 Å². The zero-order valence-electron chi connectivity index (χ0n) is 53.7. The quantitative estimate of drug-likeness (QED) is 0.0200. The van der Waals surface area contributed by atoms with Gasteiger partial charge in [-0.2, -0.15) is 0 Å². The second-order valence-electron chi connectivity index (χ2n) is 24.2. The number of aliphatic hydroxyl groups is 11. The number of unbranched alkanes of at least 4 members (excludes halogenated alkanes) is 25. The molecule has 0 aromatic heterocycles.